The molecule has 6 nitrogen and oxygen atoms in total. The lowest BCUT2D eigenvalue weighted by Gasteiger charge is -2.41. The predicted molar refractivity (Wildman–Crippen MR) is 100 cm³/mol. The molecule has 1 heterocycles. The highest BCUT2D eigenvalue weighted by atomic mass is 16.2. The Bertz CT molecular complexity index is 597. The van der Waals surface area contributed by atoms with E-state index in [0.717, 1.165) is 25.9 Å². The number of piperidine rings is 1. The molecule has 0 unspecified atom stereocenters. The number of hydrogen-bond donors (Lipinski definition) is 2. The maximum Gasteiger partial charge on any atom is 0.312 e. The lowest BCUT2D eigenvalue weighted by molar-refractivity contribution is -0.136. The smallest absolute Gasteiger partial charge is 0.312 e. The largest absolute Gasteiger partial charge is 0.369 e. The summed E-state index contributed by atoms with van der Waals surface area (Å²) in [7, 11) is 1.82. The van der Waals surface area contributed by atoms with E-state index in [1.165, 1.54) is 5.69 Å². The van der Waals surface area contributed by atoms with Crippen LogP contribution in [-0.2, 0) is 4.79 Å². The zero-order chi connectivity index (χ0) is 18.6. The molecule has 138 valence electrons. The van der Waals surface area contributed by atoms with Crippen LogP contribution in [0.2, 0.25) is 0 Å². The molecule has 1 aromatic rings. The molecule has 0 bridgehead atoms. The summed E-state index contributed by atoms with van der Waals surface area (Å²) in [5.41, 5.74) is 6.04. The Balaban J connectivity index is 2.10. The first-order valence-corrected chi connectivity index (χ1v) is 8.83. The number of benzene rings is 1. The van der Waals surface area contributed by atoms with Crippen LogP contribution >= 0.6 is 0 Å². The number of anilines is 1. The molecule has 0 radical (unpaired) electrons. The molecule has 1 saturated heterocycles. The van der Waals surface area contributed by atoms with E-state index in [9.17, 15) is 9.59 Å². The number of primary amides is 1. The number of amides is 3. The minimum atomic E-state index is -0.670. The first-order valence-electron chi connectivity index (χ1n) is 8.83. The van der Waals surface area contributed by atoms with Crippen LogP contribution < -0.4 is 16.0 Å². The van der Waals surface area contributed by atoms with Gasteiger partial charge in [-0.1, -0.05) is 39.0 Å². The van der Waals surface area contributed by atoms with Crippen molar-refractivity contribution in [3.63, 3.8) is 0 Å². The summed E-state index contributed by atoms with van der Waals surface area (Å²) < 4.78 is 0. The van der Waals surface area contributed by atoms with Gasteiger partial charge in [-0.2, -0.15) is 0 Å². The van der Waals surface area contributed by atoms with Crippen molar-refractivity contribution in [2.45, 2.75) is 45.7 Å². The third kappa shape index (κ3) is 4.87. The number of carbonyl (C=O) groups is 2. The van der Waals surface area contributed by atoms with Crippen molar-refractivity contribution in [2.24, 2.45) is 11.1 Å². The van der Waals surface area contributed by atoms with E-state index in [2.05, 4.69) is 22.3 Å². The summed E-state index contributed by atoms with van der Waals surface area (Å²) in [6, 6.07) is 9.05. The first-order chi connectivity index (χ1) is 11.7. The number of hydrogen-bond acceptors (Lipinski definition) is 3. The quantitative estimate of drug-likeness (QED) is 0.877. The Labute approximate surface area is 150 Å². The summed E-state index contributed by atoms with van der Waals surface area (Å²) in [4.78, 5) is 28.4. The fraction of sp³-hybridized carbons (Fsp3) is 0.579. The number of nitrogens with two attached hydrogens (primary N) is 1. The fourth-order valence-corrected chi connectivity index (χ4v) is 3.32. The number of urea groups is 1. The average molecular weight is 346 g/mol. The molecular weight excluding hydrogens is 316 g/mol. The molecule has 1 aliphatic heterocycles. The monoisotopic (exact) mass is 346 g/mol. The van der Waals surface area contributed by atoms with Crippen molar-refractivity contribution in [1.29, 1.82) is 0 Å². The molecule has 1 fully saturated rings. The first kappa shape index (κ1) is 19.1. The molecule has 0 spiro atoms. The average Bonchev–Trinajstić information content (AvgIpc) is 2.58. The van der Waals surface area contributed by atoms with Gasteiger partial charge in [0.2, 0.25) is 5.91 Å². The molecule has 3 amide bonds. The molecule has 2 rings (SSSR count). The van der Waals surface area contributed by atoms with Gasteiger partial charge in [0.05, 0.1) is 0 Å². The van der Waals surface area contributed by atoms with Crippen LogP contribution in [0.25, 0.3) is 0 Å². The summed E-state index contributed by atoms with van der Waals surface area (Å²) in [6.45, 7) is 7.56. The number of nitrogens with zero attached hydrogens (tertiary/aromatic N) is 2. The number of nitrogens with one attached hydrogen (secondary N) is 1. The van der Waals surface area contributed by atoms with E-state index in [1.807, 2.05) is 46.0 Å². The summed E-state index contributed by atoms with van der Waals surface area (Å²) in [5, 5.41) is 2.62. The maximum absolute atomic E-state index is 13.0. The number of rotatable bonds is 4. The molecule has 2 atom stereocenters. The van der Waals surface area contributed by atoms with E-state index < -0.39 is 17.5 Å². The van der Waals surface area contributed by atoms with Gasteiger partial charge in [-0.25, -0.2) is 4.79 Å². The third-order valence-corrected chi connectivity index (χ3v) is 4.81. The van der Waals surface area contributed by atoms with Crippen molar-refractivity contribution < 1.29 is 9.59 Å². The highest BCUT2D eigenvalue weighted by Crippen LogP contribution is 2.25. The lowest BCUT2D eigenvalue weighted by Crippen LogP contribution is -2.59. The second kappa shape index (κ2) is 7.76. The van der Waals surface area contributed by atoms with Crippen molar-refractivity contribution in [3.8, 4) is 0 Å². The zero-order valence-electron chi connectivity index (χ0n) is 15.7. The van der Waals surface area contributed by atoms with Crippen molar-refractivity contribution >= 4 is 17.6 Å². The molecule has 1 aromatic carbocycles. The molecule has 0 saturated carbocycles. The van der Waals surface area contributed by atoms with Crippen LogP contribution in [0.1, 0.15) is 33.6 Å². The van der Waals surface area contributed by atoms with Crippen molar-refractivity contribution in [2.75, 3.05) is 25.0 Å². The van der Waals surface area contributed by atoms with E-state index in [4.69, 9.17) is 5.73 Å². The van der Waals surface area contributed by atoms with Gasteiger partial charge in [-0.05, 0) is 30.4 Å². The molecule has 6 heteroatoms. The van der Waals surface area contributed by atoms with Gasteiger partial charge in [-0.15, -0.1) is 0 Å². The number of para-hydroxylation sites is 1. The lowest BCUT2D eigenvalue weighted by atomic mass is 9.85. The second-order valence-electron chi connectivity index (χ2n) is 7.83. The maximum atomic E-state index is 13.0. The van der Waals surface area contributed by atoms with Gasteiger partial charge in [0.15, 0.2) is 0 Å². The van der Waals surface area contributed by atoms with Gasteiger partial charge in [0.1, 0.15) is 6.04 Å². The van der Waals surface area contributed by atoms with Crippen LogP contribution in [0.5, 0.6) is 0 Å². The number of carbonyl (C=O) groups excluding carboxylic acids is 2. The molecule has 3 N–H and O–H groups in total. The Kier molecular flexibility index (Phi) is 5.93. The normalized spacial score (nSPS) is 19.2. The van der Waals surface area contributed by atoms with E-state index in [0.29, 0.717) is 0 Å². The second-order valence-corrected chi connectivity index (χ2v) is 7.83. The highest BCUT2D eigenvalue weighted by Gasteiger charge is 2.37. The van der Waals surface area contributed by atoms with Crippen LogP contribution in [0.4, 0.5) is 10.5 Å². The van der Waals surface area contributed by atoms with Crippen LogP contribution in [0.3, 0.4) is 0 Å². The van der Waals surface area contributed by atoms with Gasteiger partial charge in [0.25, 0.3) is 0 Å². The topological polar surface area (TPSA) is 78.7 Å². The van der Waals surface area contributed by atoms with E-state index >= 15 is 0 Å². The standard InChI is InChI=1S/C19H30N4O2/c1-19(2,3)16(21-18(20)25)17(24)22(4)15-11-8-12-23(13-15)14-9-6-5-7-10-14/h5-7,9-10,15-16H,8,11-13H2,1-4H3,(H3,20,21,25)/t15-,16+/m0/s1. The summed E-state index contributed by atoms with van der Waals surface area (Å²) in [5.74, 6) is -0.0915. The molecule has 0 aliphatic carbocycles. The molecular formula is C19H30N4O2. The third-order valence-electron chi connectivity index (χ3n) is 4.81. The highest BCUT2D eigenvalue weighted by molar-refractivity contribution is 5.87. The minimum Gasteiger partial charge on any atom is -0.369 e. The molecule has 25 heavy (non-hydrogen) atoms. The Morgan fingerprint density at radius 3 is 2.48 bits per heavy atom. The molecule has 1 aliphatic rings. The SMILES string of the molecule is CN(C(=O)[C@@H](NC(N)=O)C(C)(C)C)[C@H]1CCCN(c2ccccc2)C1. The van der Waals surface area contributed by atoms with Gasteiger partial charge in [0, 0.05) is 31.9 Å². The van der Waals surface area contributed by atoms with Crippen LogP contribution in [0.15, 0.2) is 30.3 Å². The van der Waals surface area contributed by atoms with Crippen molar-refractivity contribution in [1.82, 2.24) is 10.2 Å². The van der Waals surface area contributed by atoms with Gasteiger partial charge in [-0.3, -0.25) is 4.79 Å². The van der Waals surface area contributed by atoms with Crippen LogP contribution in [-0.4, -0.2) is 49.1 Å². The van der Waals surface area contributed by atoms with Crippen molar-refractivity contribution in [3.05, 3.63) is 30.3 Å². The fourth-order valence-electron chi connectivity index (χ4n) is 3.32. The predicted octanol–water partition coefficient (Wildman–Crippen LogP) is 2.20. The van der Waals surface area contributed by atoms with Gasteiger partial charge >= 0.3 is 6.03 Å². The minimum absolute atomic E-state index is 0.0915. The van der Waals surface area contributed by atoms with Crippen LogP contribution in [0, 0.1) is 5.41 Å². The zero-order valence-corrected chi connectivity index (χ0v) is 15.7. The van der Waals surface area contributed by atoms with Gasteiger partial charge < -0.3 is 20.9 Å². The summed E-state index contributed by atoms with van der Waals surface area (Å²) in [6.07, 6.45) is 1.99. The van der Waals surface area contributed by atoms with E-state index in [1.54, 1.807) is 4.90 Å². The summed E-state index contributed by atoms with van der Waals surface area (Å²) >= 11 is 0. The molecule has 0 aromatic heterocycles. The Morgan fingerprint density at radius 1 is 1.28 bits per heavy atom. The Morgan fingerprint density at radius 2 is 1.92 bits per heavy atom. The Hall–Kier alpha value is -2.24. The number of likely N-dealkylation sites (N-methyl/N-ethyl adjacent to an activating group) is 1. The van der Waals surface area contributed by atoms with E-state index in [-0.39, 0.29) is 11.9 Å².